The Morgan fingerprint density at radius 3 is 1.56 bits per heavy atom. The SMILES string of the molecule is [Cl][Zn][Cl].[c-]1ccccc1. The third kappa shape index (κ3) is 8.42. The molecule has 0 amide bonds. The van der Waals surface area contributed by atoms with Gasteiger partial charge in [-0.25, -0.2) is 0 Å². The van der Waals surface area contributed by atoms with Crippen LogP contribution in [0.15, 0.2) is 30.3 Å². The van der Waals surface area contributed by atoms with E-state index in [4.69, 9.17) is 19.4 Å². The van der Waals surface area contributed by atoms with Crippen LogP contribution in [0.3, 0.4) is 0 Å². The topological polar surface area (TPSA) is 0 Å². The maximum absolute atomic E-state index is 4.95. The van der Waals surface area contributed by atoms with E-state index in [1.54, 1.807) is 0 Å². The smallest absolute Gasteiger partial charge is 0.171 e. The second-order valence-corrected chi connectivity index (χ2v) is 5.80. The zero-order valence-electron chi connectivity index (χ0n) is 4.85. The van der Waals surface area contributed by atoms with Crippen LogP contribution in [0.2, 0.25) is 0 Å². The molecule has 0 aromatic heterocycles. The van der Waals surface area contributed by atoms with Crippen LogP contribution < -0.4 is 0 Å². The third-order valence-electron chi connectivity index (χ3n) is 0.607. The molecule has 3 heteroatoms. The van der Waals surface area contributed by atoms with Crippen LogP contribution in [-0.2, 0) is 15.1 Å². The zero-order valence-corrected chi connectivity index (χ0v) is 9.33. The summed E-state index contributed by atoms with van der Waals surface area (Å²) in [5.41, 5.74) is 0. The number of hydrogen-bond acceptors (Lipinski definition) is 0. The Morgan fingerprint density at radius 1 is 1.00 bits per heavy atom. The van der Waals surface area contributed by atoms with Gasteiger partial charge >= 0.3 is 34.5 Å². The standard InChI is InChI=1S/C6H5.2ClH.Zn/c1-2-4-6-5-3-1;;;/h1-5H;2*1H;/q-1;;;+2/p-2. The van der Waals surface area contributed by atoms with Crippen molar-refractivity contribution in [1.29, 1.82) is 0 Å². The first kappa shape index (κ1) is 9.42. The molecule has 0 heterocycles. The fourth-order valence-electron chi connectivity index (χ4n) is 0.342. The fourth-order valence-corrected chi connectivity index (χ4v) is 0.342. The summed E-state index contributed by atoms with van der Waals surface area (Å²) in [4.78, 5) is 0. The maximum atomic E-state index is 4.95. The van der Waals surface area contributed by atoms with Crippen molar-refractivity contribution < 1.29 is 15.1 Å². The van der Waals surface area contributed by atoms with Crippen molar-refractivity contribution >= 4 is 19.4 Å². The van der Waals surface area contributed by atoms with Gasteiger partial charge < -0.3 is 0 Å². The van der Waals surface area contributed by atoms with Gasteiger partial charge in [-0.3, -0.25) is 0 Å². The number of halogens is 2. The molecule has 1 aromatic carbocycles. The van der Waals surface area contributed by atoms with Gasteiger partial charge in [0, 0.05) is 0 Å². The third-order valence-corrected chi connectivity index (χ3v) is 0.607. The van der Waals surface area contributed by atoms with Crippen molar-refractivity contribution in [3.63, 3.8) is 0 Å². The summed E-state index contributed by atoms with van der Waals surface area (Å²) in [5, 5.41) is 0. The van der Waals surface area contributed by atoms with Crippen molar-refractivity contribution in [2.75, 3.05) is 0 Å². The molecule has 1 rings (SSSR count). The van der Waals surface area contributed by atoms with Gasteiger partial charge in [0.1, 0.15) is 0 Å². The van der Waals surface area contributed by atoms with Gasteiger partial charge in [0.05, 0.1) is 0 Å². The largest absolute Gasteiger partial charge is 0.184 e. The first-order valence-corrected chi connectivity index (χ1v) is 10.2. The summed E-state index contributed by atoms with van der Waals surface area (Å²) in [6.45, 7) is 0. The maximum Gasteiger partial charge on any atom is -0.171 e. The van der Waals surface area contributed by atoms with E-state index in [0.717, 1.165) is 0 Å². The Balaban J connectivity index is 0.000000187. The molecule has 0 aliphatic heterocycles. The molecule has 0 aliphatic rings. The van der Waals surface area contributed by atoms with Gasteiger partial charge in [0.15, 0.2) is 0 Å². The predicted molar refractivity (Wildman–Crippen MR) is 37.0 cm³/mol. The van der Waals surface area contributed by atoms with Crippen molar-refractivity contribution in [2.45, 2.75) is 0 Å². The van der Waals surface area contributed by atoms with E-state index in [1.807, 2.05) is 30.3 Å². The summed E-state index contributed by atoms with van der Waals surface area (Å²) in [6.07, 6.45) is 0. The molecule has 9 heavy (non-hydrogen) atoms. The minimum atomic E-state index is -0.931. The Labute approximate surface area is 70.9 Å². The summed E-state index contributed by atoms with van der Waals surface area (Å²) < 4.78 is 0. The van der Waals surface area contributed by atoms with E-state index < -0.39 is 15.1 Å². The fraction of sp³-hybridized carbons (Fsp3) is 0. The monoisotopic (exact) mass is 211 g/mol. The van der Waals surface area contributed by atoms with Crippen LogP contribution in [-0.4, -0.2) is 0 Å². The van der Waals surface area contributed by atoms with E-state index in [-0.39, 0.29) is 0 Å². The van der Waals surface area contributed by atoms with Crippen molar-refractivity contribution in [2.24, 2.45) is 0 Å². The Kier molecular flexibility index (Phi) is 8.82. The molecule has 0 saturated carbocycles. The Hall–Kier alpha value is 0.423. The van der Waals surface area contributed by atoms with Gasteiger partial charge in [-0.1, -0.05) is 0 Å². The summed E-state index contributed by atoms with van der Waals surface area (Å²) in [7, 11) is 9.90. The van der Waals surface area contributed by atoms with E-state index in [2.05, 4.69) is 6.07 Å². The van der Waals surface area contributed by atoms with Gasteiger partial charge in [-0.05, 0) is 0 Å². The summed E-state index contributed by atoms with van der Waals surface area (Å²) in [6, 6.07) is 12.5. The number of rotatable bonds is 0. The second kappa shape index (κ2) is 8.42. The average Bonchev–Trinajstić information content (AvgIpc) is 1.93. The van der Waals surface area contributed by atoms with E-state index in [9.17, 15) is 0 Å². The van der Waals surface area contributed by atoms with Crippen LogP contribution in [0.1, 0.15) is 0 Å². The zero-order chi connectivity index (χ0) is 6.95. The molecule has 0 spiro atoms. The molecule has 0 unspecified atom stereocenters. The number of benzene rings is 1. The van der Waals surface area contributed by atoms with Crippen LogP contribution >= 0.6 is 19.4 Å². The van der Waals surface area contributed by atoms with Crippen LogP contribution in [0.4, 0.5) is 0 Å². The van der Waals surface area contributed by atoms with Gasteiger partial charge in [-0.15, -0.1) is 0 Å². The number of hydrogen-bond donors (Lipinski definition) is 0. The average molecular weight is 213 g/mol. The Bertz CT molecular complexity index is 93.9. The quantitative estimate of drug-likeness (QED) is 0.459. The molecule has 1 aromatic rings. The van der Waals surface area contributed by atoms with Crippen molar-refractivity contribution in [1.82, 2.24) is 0 Å². The molecule has 0 nitrogen and oxygen atoms in total. The molecule has 0 radical (unpaired) electrons. The first-order chi connectivity index (χ1) is 4.41. The summed E-state index contributed by atoms with van der Waals surface area (Å²) >= 11 is -0.931. The van der Waals surface area contributed by atoms with E-state index in [0.29, 0.717) is 0 Å². The van der Waals surface area contributed by atoms with Crippen LogP contribution in [0, 0.1) is 6.07 Å². The Morgan fingerprint density at radius 2 is 1.44 bits per heavy atom. The molecule has 0 saturated heterocycles. The minimum absolute atomic E-state index is 0.931. The molecule has 0 N–H and O–H groups in total. The molecule has 0 aliphatic carbocycles. The van der Waals surface area contributed by atoms with Gasteiger partial charge in [0.25, 0.3) is 0 Å². The molecule has 46 valence electrons. The van der Waals surface area contributed by atoms with Crippen LogP contribution in [0.5, 0.6) is 0 Å². The minimum Gasteiger partial charge on any atom is -0.184 e. The van der Waals surface area contributed by atoms with E-state index >= 15 is 0 Å². The molecule has 0 bridgehead atoms. The normalized spacial score (nSPS) is 6.44. The van der Waals surface area contributed by atoms with Crippen LogP contribution in [0.25, 0.3) is 0 Å². The predicted octanol–water partition coefficient (Wildman–Crippen LogP) is 2.86. The molecule has 0 atom stereocenters. The first-order valence-electron chi connectivity index (χ1n) is 2.45. The molecule has 0 fully saturated rings. The van der Waals surface area contributed by atoms with Crippen molar-refractivity contribution in [3.05, 3.63) is 36.4 Å². The second-order valence-electron chi connectivity index (χ2n) is 1.18. The van der Waals surface area contributed by atoms with E-state index in [1.165, 1.54) is 0 Å². The van der Waals surface area contributed by atoms with Gasteiger partial charge in [0.2, 0.25) is 0 Å². The van der Waals surface area contributed by atoms with Gasteiger partial charge in [-0.2, -0.15) is 36.4 Å². The molecular weight excluding hydrogens is 208 g/mol. The molecular formula is C6H5Cl2Zn-. The van der Waals surface area contributed by atoms with Crippen molar-refractivity contribution in [3.8, 4) is 0 Å². The summed E-state index contributed by atoms with van der Waals surface area (Å²) in [5.74, 6) is 0.